The van der Waals surface area contributed by atoms with Crippen LogP contribution < -0.4 is 0 Å². The van der Waals surface area contributed by atoms with E-state index in [1.807, 2.05) is 0 Å². The van der Waals surface area contributed by atoms with Gasteiger partial charge in [0.2, 0.25) is 0 Å². The fourth-order valence-corrected chi connectivity index (χ4v) is 4.63. The number of rotatable bonds is 10. The van der Waals surface area contributed by atoms with Gasteiger partial charge >= 0.3 is 112 Å². The van der Waals surface area contributed by atoms with Crippen LogP contribution in [0.3, 0.4) is 0 Å². The zero-order chi connectivity index (χ0) is 11.5. The van der Waals surface area contributed by atoms with E-state index in [1.165, 1.54) is 49.2 Å². The number of unbranched alkanes of at least 4 members (excludes halogenated alkanes) is 2. The molecule has 15 heavy (non-hydrogen) atoms. The fraction of sp³-hybridized carbons (Fsp3) is 1.00. The van der Waals surface area contributed by atoms with Crippen LogP contribution in [0, 0.1) is 0 Å². The molecule has 2 atom stereocenters. The summed E-state index contributed by atoms with van der Waals surface area (Å²) >= 11 is 13.1. The summed E-state index contributed by atoms with van der Waals surface area (Å²) in [5.41, 5.74) is 0. The summed E-state index contributed by atoms with van der Waals surface area (Å²) in [4.78, 5) is 0. The molecule has 0 aliphatic heterocycles. The van der Waals surface area contributed by atoms with E-state index < -0.39 is 0 Å². The van der Waals surface area contributed by atoms with E-state index in [0.717, 1.165) is 0 Å². The number of halogens is 2. The van der Waals surface area contributed by atoms with E-state index in [1.54, 1.807) is 0 Å². The van der Waals surface area contributed by atoms with E-state index in [2.05, 4.69) is 13.8 Å². The third-order valence-corrected chi connectivity index (χ3v) is 6.59. The van der Waals surface area contributed by atoms with Crippen molar-refractivity contribution in [2.75, 3.05) is 0 Å². The van der Waals surface area contributed by atoms with Crippen LogP contribution in [0.25, 0.3) is 0 Å². The Morgan fingerprint density at radius 3 is 1.60 bits per heavy atom. The Labute approximate surface area is 112 Å². The van der Waals surface area contributed by atoms with Gasteiger partial charge in [-0.1, -0.05) is 0 Å². The van der Waals surface area contributed by atoms with Crippen LogP contribution in [0.2, 0.25) is 10.6 Å². The van der Waals surface area contributed by atoms with E-state index in [9.17, 15) is 0 Å². The third kappa shape index (κ3) is 11.4. The Bertz CT molecular complexity index is 117. The summed E-state index contributed by atoms with van der Waals surface area (Å²) in [5, 5.41) is 3.20. The molecule has 0 aromatic carbocycles. The molecule has 3 heteroatoms. The number of alkyl halides is 2. The zero-order valence-corrected chi connectivity index (χ0v) is 13.2. The maximum atomic E-state index is 6.22. The normalized spacial score (nSPS) is 15.2. The van der Waals surface area contributed by atoms with Gasteiger partial charge in [0.1, 0.15) is 0 Å². The quantitative estimate of drug-likeness (QED) is 0.387. The van der Waals surface area contributed by atoms with Crippen LogP contribution >= 0.6 is 23.2 Å². The SMILES string of the molecule is CCCCC(Cl)C[Se]CC(Cl)CCCC. The van der Waals surface area contributed by atoms with Crippen LogP contribution in [-0.2, 0) is 0 Å². The Morgan fingerprint density at radius 1 is 0.867 bits per heavy atom. The predicted molar refractivity (Wildman–Crippen MR) is 73.7 cm³/mol. The average molecular weight is 318 g/mol. The van der Waals surface area contributed by atoms with Gasteiger partial charge in [0.05, 0.1) is 0 Å². The molecule has 2 unspecified atom stereocenters. The molecule has 0 radical (unpaired) electrons. The summed E-state index contributed by atoms with van der Waals surface area (Å²) in [5.74, 6) is 0. The summed E-state index contributed by atoms with van der Waals surface area (Å²) in [6, 6.07) is 0. The van der Waals surface area contributed by atoms with Gasteiger partial charge in [-0.25, -0.2) is 0 Å². The van der Waals surface area contributed by atoms with Gasteiger partial charge in [-0.05, 0) is 0 Å². The second-order valence-electron chi connectivity index (χ2n) is 4.02. The van der Waals surface area contributed by atoms with Gasteiger partial charge in [-0.2, -0.15) is 0 Å². The van der Waals surface area contributed by atoms with Crippen molar-refractivity contribution in [2.45, 2.75) is 73.8 Å². The first-order valence-corrected chi connectivity index (χ1v) is 9.36. The molecule has 0 spiro atoms. The van der Waals surface area contributed by atoms with Gasteiger partial charge in [-0.3, -0.25) is 0 Å². The van der Waals surface area contributed by atoms with Crippen molar-refractivity contribution in [1.29, 1.82) is 0 Å². The summed E-state index contributed by atoms with van der Waals surface area (Å²) < 4.78 is 0. The Kier molecular flexibility index (Phi) is 12.4. The molecule has 0 aromatic rings. The Balaban J connectivity index is 3.27. The molecule has 0 saturated carbocycles. The number of hydrogen-bond donors (Lipinski definition) is 0. The Morgan fingerprint density at radius 2 is 1.27 bits per heavy atom. The van der Waals surface area contributed by atoms with E-state index in [0.29, 0.717) is 25.7 Å². The van der Waals surface area contributed by atoms with Crippen LogP contribution in [-0.4, -0.2) is 25.7 Å². The molecule has 0 fully saturated rings. The van der Waals surface area contributed by atoms with Crippen molar-refractivity contribution in [2.24, 2.45) is 0 Å². The minimum absolute atomic E-state index is 0.403. The standard InChI is InChI=1S/C12H24Cl2Se/c1-3-5-7-11(13)9-15-10-12(14)8-6-4-2/h11-12H,3-10H2,1-2H3. The zero-order valence-electron chi connectivity index (χ0n) is 9.98. The third-order valence-electron chi connectivity index (χ3n) is 2.34. The monoisotopic (exact) mass is 318 g/mol. The molecule has 0 nitrogen and oxygen atoms in total. The topological polar surface area (TPSA) is 0 Å². The van der Waals surface area contributed by atoms with Crippen LogP contribution in [0.15, 0.2) is 0 Å². The first kappa shape index (κ1) is 16.1. The first-order valence-electron chi connectivity index (χ1n) is 6.06. The molecule has 0 aliphatic carbocycles. The van der Waals surface area contributed by atoms with Crippen molar-refractivity contribution < 1.29 is 0 Å². The van der Waals surface area contributed by atoms with Crippen molar-refractivity contribution >= 4 is 38.2 Å². The van der Waals surface area contributed by atoms with Gasteiger partial charge in [0.15, 0.2) is 0 Å². The van der Waals surface area contributed by atoms with Crippen LogP contribution in [0.4, 0.5) is 0 Å². The van der Waals surface area contributed by atoms with E-state index >= 15 is 0 Å². The summed E-state index contributed by atoms with van der Waals surface area (Å²) in [6.45, 7) is 4.43. The molecule has 0 heterocycles. The van der Waals surface area contributed by atoms with Gasteiger partial charge in [-0.15, -0.1) is 0 Å². The molecule has 0 saturated heterocycles. The molecule has 0 bridgehead atoms. The van der Waals surface area contributed by atoms with Crippen LogP contribution in [0.5, 0.6) is 0 Å². The summed E-state index contributed by atoms with van der Waals surface area (Å²) in [6.07, 6.45) is 7.41. The van der Waals surface area contributed by atoms with E-state index in [4.69, 9.17) is 23.2 Å². The Hall–Kier alpha value is 1.10. The first-order chi connectivity index (χ1) is 7.20. The van der Waals surface area contributed by atoms with Gasteiger partial charge < -0.3 is 0 Å². The molecule has 0 N–H and O–H groups in total. The molecule has 0 aliphatic rings. The second kappa shape index (κ2) is 11.6. The van der Waals surface area contributed by atoms with Crippen LogP contribution in [0.1, 0.15) is 52.4 Å². The predicted octanol–water partition coefficient (Wildman–Crippen LogP) is 5.12. The van der Waals surface area contributed by atoms with Gasteiger partial charge in [0.25, 0.3) is 0 Å². The average Bonchev–Trinajstić information content (AvgIpc) is 2.23. The molecule has 92 valence electrons. The fourth-order valence-electron chi connectivity index (χ4n) is 1.34. The molecule has 0 rings (SSSR count). The number of hydrogen-bond acceptors (Lipinski definition) is 0. The molecule has 0 aromatic heterocycles. The molecule has 0 amide bonds. The molecular formula is C12H24Cl2Se. The van der Waals surface area contributed by atoms with Gasteiger partial charge in [0, 0.05) is 0 Å². The maximum absolute atomic E-state index is 6.22. The minimum atomic E-state index is 0.403. The van der Waals surface area contributed by atoms with Crippen molar-refractivity contribution in [3.05, 3.63) is 0 Å². The van der Waals surface area contributed by atoms with Crippen molar-refractivity contribution in [3.8, 4) is 0 Å². The summed E-state index contributed by atoms with van der Waals surface area (Å²) in [7, 11) is 0. The van der Waals surface area contributed by atoms with E-state index in [-0.39, 0.29) is 0 Å². The van der Waals surface area contributed by atoms with Crippen molar-refractivity contribution in [3.63, 3.8) is 0 Å². The van der Waals surface area contributed by atoms with Crippen molar-refractivity contribution in [1.82, 2.24) is 0 Å². The molecular weight excluding hydrogens is 294 g/mol. The second-order valence-corrected chi connectivity index (χ2v) is 7.51.